The average molecular weight is 404 g/mol. The van der Waals surface area contributed by atoms with Gasteiger partial charge in [0.15, 0.2) is 0 Å². The van der Waals surface area contributed by atoms with Crippen molar-refractivity contribution in [1.82, 2.24) is 15.0 Å². The van der Waals surface area contributed by atoms with Gasteiger partial charge in [0.1, 0.15) is 0 Å². The Hall–Kier alpha value is -1.89. The second-order valence-corrected chi connectivity index (χ2v) is 8.28. The number of halogens is 1. The van der Waals surface area contributed by atoms with Crippen molar-refractivity contribution in [1.29, 1.82) is 0 Å². The molecule has 1 amide bonds. The molecule has 2 aliphatic heterocycles. The molecule has 3 heterocycles. The topological polar surface area (TPSA) is 69.8 Å². The van der Waals surface area contributed by atoms with Crippen LogP contribution in [0.4, 0.5) is 0 Å². The van der Waals surface area contributed by atoms with E-state index in [1.165, 1.54) is 5.56 Å². The van der Waals surface area contributed by atoms with Gasteiger partial charge < -0.3 is 14.5 Å². The number of benzene rings is 1. The number of aliphatic hydroxyl groups excluding tert-OH is 1. The lowest BCUT2D eigenvalue weighted by Gasteiger charge is -2.31. The van der Waals surface area contributed by atoms with Gasteiger partial charge >= 0.3 is 0 Å². The van der Waals surface area contributed by atoms with Gasteiger partial charge in [-0.2, -0.15) is 0 Å². The maximum atomic E-state index is 12.6. The zero-order valence-corrected chi connectivity index (χ0v) is 16.6. The van der Waals surface area contributed by atoms with E-state index in [1.54, 1.807) is 11.0 Å². The molecule has 0 radical (unpaired) electrons. The van der Waals surface area contributed by atoms with Crippen LogP contribution in [0.3, 0.4) is 0 Å². The molecule has 0 saturated carbocycles. The summed E-state index contributed by atoms with van der Waals surface area (Å²) >= 11 is 6.10. The summed E-state index contributed by atoms with van der Waals surface area (Å²) in [4.78, 5) is 16.8. The molecule has 150 valence electrons. The molecule has 2 saturated heterocycles. The number of carbonyl (C=O) groups is 1. The second-order valence-electron chi connectivity index (χ2n) is 7.84. The Balaban J connectivity index is 1.38. The van der Waals surface area contributed by atoms with Crippen LogP contribution in [0.2, 0.25) is 5.02 Å². The van der Waals surface area contributed by atoms with Crippen molar-refractivity contribution in [3.63, 3.8) is 0 Å². The van der Waals surface area contributed by atoms with Gasteiger partial charge in [-0.25, -0.2) is 0 Å². The van der Waals surface area contributed by atoms with Crippen molar-refractivity contribution < 1.29 is 14.4 Å². The lowest BCUT2D eigenvalue weighted by molar-refractivity contribution is 0.0512. The molecule has 2 aromatic rings. The van der Waals surface area contributed by atoms with E-state index in [2.05, 4.69) is 16.1 Å². The van der Waals surface area contributed by atoms with Crippen LogP contribution in [-0.2, 0) is 6.54 Å². The monoisotopic (exact) mass is 403 g/mol. The zero-order valence-electron chi connectivity index (χ0n) is 15.9. The zero-order chi connectivity index (χ0) is 19.5. The third-order valence-corrected chi connectivity index (χ3v) is 5.94. The number of hydrogen-bond donors (Lipinski definition) is 1. The van der Waals surface area contributed by atoms with E-state index in [1.807, 2.05) is 18.2 Å². The Kier molecular flexibility index (Phi) is 5.99. The molecule has 1 N–H and O–H groups in total. The molecule has 2 aliphatic rings. The summed E-state index contributed by atoms with van der Waals surface area (Å²) in [6.07, 6.45) is 3.07. The maximum Gasteiger partial charge on any atom is 0.292 e. The predicted octanol–water partition coefficient (Wildman–Crippen LogP) is 3.30. The Morgan fingerprint density at radius 1 is 1.21 bits per heavy atom. The normalized spacial score (nSPS) is 21.8. The summed E-state index contributed by atoms with van der Waals surface area (Å²) in [5.41, 5.74) is 2.06. The molecule has 0 bridgehead atoms. The molecular formula is C21H26ClN3O3. The first-order valence-electron chi connectivity index (χ1n) is 9.99. The smallest absolute Gasteiger partial charge is 0.292 e. The van der Waals surface area contributed by atoms with E-state index in [-0.39, 0.29) is 17.9 Å². The van der Waals surface area contributed by atoms with Crippen LogP contribution in [0.15, 0.2) is 34.9 Å². The molecule has 1 atom stereocenters. The van der Waals surface area contributed by atoms with Crippen LogP contribution >= 0.6 is 11.6 Å². The molecule has 1 unspecified atom stereocenters. The second kappa shape index (κ2) is 8.64. The van der Waals surface area contributed by atoms with Crippen molar-refractivity contribution in [3.8, 4) is 0 Å². The Morgan fingerprint density at radius 2 is 2.04 bits per heavy atom. The first kappa shape index (κ1) is 19.4. The lowest BCUT2D eigenvalue weighted by Crippen LogP contribution is -2.39. The summed E-state index contributed by atoms with van der Waals surface area (Å²) in [5.74, 6) is 0.442. The summed E-state index contributed by atoms with van der Waals surface area (Å²) in [6.45, 7) is 3.92. The number of amides is 1. The van der Waals surface area contributed by atoms with Gasteiger partial charge in [0.05, 0.1) is 11.8 Å². The van der Waals surface area contributed by atoms with E-state index in [0.29, 0.717) is 31.7 Å². The summed E-state index contributed by atoms with van der Waals surface area (Å²) in [6, 6.07) is 9.78. The number of nitrogens with zero attached hydrogens (tertiary/aromatic N) is 3. The highest BCUT2D eigenvalue weighted by Crippen LogP contribution is 2.28. The quantitative estimate of drug-likeness (QED) is 0.848. The van der Waals surface area contributed by atoms with Crippen molar-refractivity contribution in [2.75, 3.05) is 26.2 Å². The minimum Gasteiger partial charge on any atom is -0.393 e. The average Bonchev–Trinajstić information content (AvgIpc) is 3.19. The summed E-state index contributed by atoms with van der Waals surface area (Å²) < 4.78 is 5.39. The number of carbonyl (C=O) groups excluding carboxylic acids is 1. The van der Waals surface area contributed by atoms with Crippen LogP contribution in [0.5, 0.6) is 0 Å². The van der Waals surface area contributed by atoms with Gasteiger partial charge in [0.25, 0.3) is 5.91 Å². The molecule has 1 aromatic heterocycles. The molecule has 6 nitrogen and oxygen atoms in total. The Labute approximate surface area is 170 Å². The summed E-state index contributed by atoms with van der Waals surface area (Å²) in [7, 11) is 0. The number of likely N-dealkylation sites (tertiary alicyclic amines) is 2. The van der Waals surface area contributed by atoms with Gasteiger partial charge in [-0.3, -0.25) is 9.69 Å². The fourth-order valence-corrected chi connectivity index (χ4v) is 4.35. The molecule has 0 spiro atoms. The van der Waals surface area contributed by atoms with Crippen molar-refractivity contribution >= 4 is 17.5 Å². The highest BCUT2D eigenvalue weighted by atomic mass is 35.5. The number of hydrogen-bond acceptors (Lipinski definition) is 5. The molecule has 2 fully saturated rings. The number of aliphatic hydroxyl groups is 1. The van der Waals surface area contributed by atoms with Crippen molar-refractivity contribution in [2.45, 2.75) is 44.2 Å². The van der Waals surface area contributed by atoms with Gasteiger partial charge in [-0.05, 0) is 49.9 Å². The van der Waals surface area contributed by atoms with Crippen LogP contribution in [0.25, 0.3) is 0 Å². The molecule has 1 aromatic carbocycles. The van der Waals surface area contributed by atoms with Gasteiger partial charge in [-0.15, -0.1) is 0 Å². The summed E-state index contributed by atoms with van der Waals surface area (Å²) in [5, 5.41) is 14.6. The lowest BCUT2D eigenvalue weighted by atomic mass is 9.94. The van der Waals surface area contributed by atoms with Crippen molar-refractivity contribution in [2.24, 2.45) is 0 Å². The minimum atomic E-state index is -0.304. The predicted molar refractivity (Wildman–Crippen MR) is 106 cm³/mol. The highest BCUT2D eigenvalue weighted by Gasteiger charge is 2.28. The molecular weight excluding hydrogens is 378 g/mol. The molecule has 4 rings (SSSR count). The largest absolute Gasteiger partial charge is 0.393 e. The third-order valence-electron chi connectivity index (χ3n) is 5.71. The Morgan fingerprint density at radius 3 is 2.82 bits per heavy atom. The SMILES string of the molecule is O=C(c1cc(C2CCCN(Cc3cccc(Cl)c3)C2)no1)N1CCC(O)CC1. The maximum absolute atomic E-state index is 12.6. The number of rotatable bonds is 4. The van der Waals surface area contributed by atoms with E-state index in [4.69, 9.17) is 16.1 Å². The molecule has 7 heteroatoms. The van der Waals surface area contributed by atoms with E-state index in [9.17, 15) is 9.90 Å². The number of piperidine rings is 2. The molecule has 28 heavy (non-hydrogen) atoms. The van der Waals surface area contributed by atoms with Crippen molar-refractivity contribution in [3.05, 3.63) is 52.4 Å². The van der Waals surface area contributed by atoms with Gasteiger partial charge in [0.2, 0.25) is 5.76 Å². The Bertz CT molecular complexity index is 817. The van der Waals surface area contributed by atoms with Crippen LogP contribution in [-0.4, -0.2) is 58.3 Å². The van der Waals surface area contributed by atoms with Gasteiger partial charge in [-0.1, -0.05) is 28.9 Å². The fraction of sp³-hybridized carbons (Fsp3) is 0.524. The first-order chi connectivity index (χ1) is 13.6. The van der Waals surface area contributed by atoms with Crippen LogP contribution < -0.4 is 0 Å². The van der Waals surface area contributed by atoms with E-state index < -0.39 is 0 Å². The third kappa shape index (κ3) is 4.57. The first-order valence-corrected chi connectivity index (χ1v) is 10.4. The standard InChI is InChI=1S/C21H26ClN3O3/c22-17-5-1-3-15(11-17)13-24-8-2-4-16(14-24)19-12-20(28-23-19)21(27)25-9-6-18(26)7-10-25/h1,3,5,11-12,16,18,26H,2,4,6-10,13-14H2. The van der Waals surface area contributed by atoms with E-state index in [0.717, 1.165) is 43.2 Å². The molecule has 0 aliphatic carbocycles. The van der Waals surface area contributed by atoms with Crippen LogP contribution in [0, 0.1) is 0 Å². The van der Waals surface area contributed by atoms with E-state index >= 15 is 0 Å². The van der Waals surface area contributed by atoms with Gasteiger partial charge in [0, 0.05) is 43.2 Å². The highest BCUT2D eigenvalue weighted by molar-refractivity contribution is 6.30. The minimum absolute atomic E-state index is 0.128. The number of aromatic nitrogens is 1. The van der Waals surface area contributed by atoms with Crippen LogP contribution in [0.1, 0.15) is 53.4 Å². The fourth-order valence-electron chi connectivity index (χ4n) is 4.14.